The molecule has 2 aromatic carbocycles. The summed E-state index contributed by atoms with van der Waals surface area (Å²) in [6.07, 6.45) is 1.19. The highest BCUT2D eigenvalue weighted by Gasteiger charge is 2.42. The Hall–Kier alpha value is -2.41. The fraction of sp³-hybridized carbons (Fsp3) is 0.435. The molecule has 6 heteroatoms. The SMILES string of the molecule is CC(=O)Nc1ccc([C@H](O)CN2CCC3(CC2)C[C@@H](O)c2ccccc2O3)cc1. The molecule has 0 radical (unpaired) electrons. The van der Waals surface area contributed by atoms with E-state index in [2.05, 4.69) is 10.2 Å². The van der Waals surface area contributed by atoms with Crippen molar-refractivity contribution in [1.82, 2.24) is 4.90 Å². The number of carbonyl (C=O) groups excluding carboxylic acids is 1. The van der Waals surface area contributed by atoms with Crippen LogP contribution in [0.15, 0.2) is 48.5 Å². The first-order valence-corrected chi connectivity index (χ1v) is 10.2. The number of anilines is 1. The summed E-state index contributed by atoms with van der Waals surface area (Å²) in [6, 6.07) is 15.0. The van der Waals surface area contributed by atoms with Gasteiger partial charge in [-0.3, -0.25) is 4.79 Å². The minimum absolute atomic E-state index is 0.113. The molecular weight excluding hydrogens is 368 g/mol. The Morgan fingerprint density at radius 3 is 2.59 bits per heavy atom. The summed E-state index contributed by atoms with van der Waals surface area (Å²) < 4.78 is 6.33. The van der Waals surface area contributed by atoms with Crippen LogP contribution in [-0.2, 0) is 4.79 Å². The number of piperidine rings is 1. The lowest BCUT2D eigenvalue weighted by Crippen LogP contribution is -2.51. The van der Waals surface area contributed by atoms with Crippen molar-refractivity contribution in [2.45, 2.75) is 44.0 Å². The Balaban J connectivity index is 1.34. The molecular formula is C23H28N2O4. The van der Waals surface area contributed by atoms with Crippen molar-refractivity contribution in [3.8, 4) is 5.75 Å². The summed E-state index contributed by atoms with van der Waals surface area (Å²) in [7, 11) is 0. The maximum atomic E-state index is 11.1. The monoisotopic (exact) mass is 396 g/mol. The molecule has 29 heavy (non-hydrogen) atoms. The second-order valence-electron chi connectivity index (χ2n) is 8.16. The Morgan fingerprint density at radius 2 is 1.90 bits per heavy atom. The van der Waals surface area contributed by atoms with Crippen molar-refractivity contribution < 1.29 is 19.7 Å². The van der Waals surface area contributed by atoms with Crippen molar-refractivity contribution in [2.75, 3.05) is 25.0 Å². The molecule has 1 amide bonds. The van der Waals surface area contributed by atoms with Crippen molar-refractivity contribution in [2.24, 2.45) is 0 Å². The molecule has 2 aliphatic rings. The number of carbonyl (C=O) groups is 1. The largest absolute Gasteiger partial charge is 0.487 e. The number of benzene rings is 2. The molecule has 154 valence electrons. The number of para-hydroxylation sites is 1. The predicted molar refractivity (Wildman–Crippen MR) is 111 cm³/mol. The molecule has 1 spiro atoms. The van der Waals surface area contributed by atoms with Gasteiger partial charge in [-0.05, 0) is 36.6 Å². The molecule has 2 heterocycles. The average Bonchev–Trinajstić information content (AvgIpc) is 2.70. The Bertz CT molecular complexity index is 859. The van der Waals surface area contributed by atoms with Crippen molar-refractivity contribution in [3.63, 3.8) is 0 Å². The minimum Gasteiger partial charge on any atom is -0.487 e. The zero-order valence-electron chi connectivity index (χ0n) is 16.7. The zero-order chi connectivity index (χ0) is 20.4. The first kappa shape index (κ1) is 19.9. The standard InChI is InChI=1S/C23H28N2O4/c1-16(26)24-18-8-6-17(7-9-18)21(28)15-25-12-10-23(11-13-25)14-20(27)19-4-2-3-5-22(19)29-23/h2-9,20-21,27-28H,10-15H2,1H3,(H,24,26)/t20-,21-/m1/s1. The number of likely N-dealkylation sites (tertiary alicyclic amines) is 1. The van der Waals surface area contributed by atoms with E-state index < -0.39 is 12.2 Å². The molecule has 0 aromatic heterocycles. The van der Waals surface area contributed by atoms with E-state index in [-0.39, 0.29) is 11.5 Å². The highest BCUT2D eigenvalue weighted by atomic mass is 16.5. The van der Waals surface area contributed by atoms with Gasteiger partial charge in [-0.15, -0.1) is 0 Å². The van der Waals surface area contributed by atoms with Gasteiger partial charge in [0, 0.05) is 44.2 Å². The van der Waals surface area contributed by atoms with Crippen molar-refractivity contribution in [1.29, 1.82) is 0 Å². The number of amides is 1. The number of nitrogens with zero attached hydrogens (tertiary/aromatic N) is 1. The van der Waals surface area contributed by atoms with Crippen LogP contribution in [0.5, 0.6) is 5.75 Å². The number of hydrogen-bond donors (Lipinski definition) is 3. The lowest BCUT2D eigenvalue weighted by molar-refractivity contribution is -0.114. The normalized spacial score (nSPS) is 21.8. The fourth-order valence-corrected chi connectivity index (χ4v) is 4.38. The molecule has 2 atom stereocenters. The van der Waals surface area contributed by atoms with Gasteiger partial charge >= 0.3 is 0 Å². The van der Waals surface area contributed by atoms with Crippen LogP contribution in [0.3, 0.4) is 0 Å². The van der Waals surface area contributed by atoms with Gasteiger partial charge in [0.2, 0.25) is 5.91 Å². The predicted octanol–water partition coefficient (Wildman–Crippen LogP) is 3.03. The van der Waals surface area contributed by atoms with E-state index >= 15 is 0 Å². The number of nitrogens with one attached hydrogen (secondary N) is 1. The summed E-state index contributed by atoms with van der Waals surface area (Å²) in [4.78, 5) is 13.4. The number of hydrogen-bond acceptors (Lipinski definition) is 5. The molecule has 4 rings (SSSR count). The van der Waals surface area contributed by atoms with E-state index in [1.54, 1.807) is 12.1 Å². The van der Waals surface area contributed by atoms with E-state index in [4.69, 9.17) is 4.74 Å². The lowest BCUT2D eigenvalue weighted by atomic mass is 9.81. The average molecular weight is 396 g/mol. The third-order valence-corrected chi connectivity index (χ3v) is 5.98. The third kappa shape index (κ3) is 4.45. The van der Waals surface area contributed by atoms with Crippen LogP contribution in [0.1, 0.15) is 49.5 Å². The van der Waals surface area contributed by atoms with Crippen LogP contribution in [0.25, 0.3) is 0 Å². The van der Waals surface area contributed by atoms with Gasteiger partial charge in [0.1, 0.15) is 11.4 Å². The smallest absolute Gasteiger partial charge is 0.221 e. The maximum Gasteiger partial charge on any atom is 0.221 e. The number of aliphatic hydroxyl groups excluding tert-OH is 2. The van der Waals surface area contributed by atoms with Crippen LogP contribution < -0.4 is 10.1 Å². The van der Waals surface area contributed by atoms with Crippen LogP contribution >= 0.6 is 0 Å². The van der Waals surface area contributed by atoms with Crippen LogP contribution in [0.2, 0.25) is 0 Å². The topological polar surface area (TPSA) is 82.0 Å². The second kappa shape index (κ2) is 8.14. The second-order valence-corrected chi connectivity index (χ2v) is 8.16. The fourth-order valence-electron chi connectivity index (χ4n) is 4.38. The summed E-state index contributed by atoms with van der Waals surface area (Å²) in [5.74, 6) is 0.678. The van der Waals surface area contributed by atoms with Gasteiger partial charge in [-0.1, -0.05) is 30.3 Å². The molecule has 1 fully saturated rings. The van der Waals surface area contributed by atoms with Gasteiger partial charge in [-0.25, -0.2) is 0 Å². The molecule has 2 aliphatic heterocycles. The molecule has 0 saturated carbocycles. The number of ether oxygens (including phenoxy) is 1. The number of β-amino-alcohol motifs (C(OH)–C–C–N with tert-alkyl or cyclic N) is 1. The van der Waals surface area contributed by atoms with E-state index in [1.807, 2.05) is 36.4 Å². The Morgan fingerprint density at radius 1 is 1.21 bits per heavy atom. The molecule has 3 N–H and O–H groups in total. The highest BCUT2D eigenvalue weighted by molar-refractivity contribution is 5.88. The van der Waals surface area contributed by atoms with Gasteiger partial charge in [0.05, 0.1) is 12.2 Å². The van der Waals surface area contributed by atoms with E-state index in [0.717, 1.165) is 48.5 Å². The summed E-state index contributed by atoms with van der Waals surface area (Å²) >= 11 is 0. The quantitative estimate of drug-likeness (QED) is 0.740. The lowest BCUT2D eigenvalue weighted by Gasteiger charge is -2.46. The molecule has 6 nitrogen and oxygen atoms in total. The summed E-state index contributed by atoms with van der Waals surface area (Å²) in [5, 5.41) is 23.9. The number of rotatable bonds is 4. The van der Waals surface area contributed by atoms with Crippen LogP contribution in [-0.4, -0.2) is 46.3 Å². The van der Waals surface area contributed by atoms with E-state index in [1.165, 1.54) is 6.92 Å². The number of fused-ring (bicyclic) bond motifs is 1. The zero-order valence-corrected chi connectivity index (χ0v) is 16.7. The van der Waals surface area contributed by atoms with Crippen LogP contribution in [0.4, 0.5) is 5.69 Å². The van der Waals surface area contributed by atoms with Gasteiger partial charge < -0.3 is 25.2 Å². The Labute approximate surface area is 171 Å². The van der Waals surface area contributed by atoms with Gasteiger partial charge in [-0.2, -0.15) is 0 Å². The van der Waals surface area contributed by atoms with Crippen molar-refractivity contribution >= 4 is 11.6 Å². The molecule has 0 aliphatic carbocycles. The van der Waals surface area contributed by atoms with E-state index in [9.17, 15) is 15.0 Å². The van der Waals surface area contributed by atoms with Crippen molar-refractivity contribution in [3.05, 3.63) is 59.7 Å². The molecule has 0 bridgehead atoms. The first-order valence-electron chi connectivity index (χ1n) is 10.2. The summed E-state index contributed by atoms with van der Waals surface area (Å²) in [6.45, 7) is 3.65. The molecule has 2 aromatic rings. The van der Waals surface area contributed by atoms with E-state index in [0.29, 0.717) is 13.0 Å². The number of aliphatic hydroxyl groups is 2. The van der Waals surface area contributed by atoms with Gasteiger partial charge in [0.15, 0.2) is 0 Å². The van der Waals surface area contributed by atoms with Crippen LogP contribution in [0, 0.1) is 0 Å². The molecule has 0 unspecified atom stereocenters. The molecule has 1 saturated heterocycles. The highest BCUT2D eigenvalue weighted by Crippen LogP contribution is 2.44. The van der Waals surface area contributed by atoms with Gasteiger partial charge in [0.25, 0.3) is 0 Å². The third-order valence-electron chi connectivity index (χ3n) is 5.98. The Kier molecular flexibility index (Phi) is 5.58. The summed E-state index contributed by atoms with van der Waals surface area (Å²) in [5.41, 5.74) is 2.10. The minimum atomic E-state index is -0.589. The maximum absolute atomic E-state index is 11.1. The first-order chi connectivity index (χ1) is 13.9.